The summed E-state index contributed by atoms with van der Waals surface area (Å²) in [7, 11) is 1.75. The van der Waals surface area contributed by atoms with Crippen molar-refractivity contribution in [2.75, 3.05) is 26.7 Å². The van der Waals surface area contributed by atoms with Crippen LogP contribution in [0, 0.1) is 5.92 Å². The molecule has 0 aliphatic carbocycles. The molecule has 0 aliphatic heterocycles. The highest BCUT2D eigenvalue weighted by molar-refractivity contribution is 5.78. The number of nitrogens with one attached hydrogen (secondary N) is 2. The van der Waals surface area contributed by atoms with Crippen molar-refractivity contribution >= 4 is 5.91 Å². The van der Waals surface area contributed by atoms with E-state index in [-0.39, 0.29) is 30.7 Å². The Morgan fingerprint density at radius 3 is 2.71 bits per heavy atom. The van der Waals surface area contributed by atoms with Crippen molar-refractivity contribution in [3.63, 3.8) is 0 Å². The van der Waals surface area contributed by atoms with Crippen LogP contribution >= 0.6 is 0 Å². The minimum Gasteiger partial charge on any atom is -0.492 e. The SMILES string of the molecule is CNCC(C)C(=O)NCCOc1cccc(C(F)(F)F)c1. The molecule has 0 saturated heterocycles. The van der Waals surface area contributed by atoms with Crippen LogP contribution in [0.5, 0.6) is 5.75 Å². The summed E-state index contributed by atoms with van der Waals surface area (Å²) in [5.74, 6) is -0.178. The number of rotatable bonds is 7. The van der Waals surface area contributed by atoms with Gasteiger partial charge in [-0.05, 0) is 25.2 Å². The Balaban J connectivity index is 2.38. The second kappa shape index (κ2) is 7.87. The number of hydrogen-bond donors (Lipinski definition) is 2. The van der Waals surface area contributed by atoms with Crippen molar-refractivity contribution in [1.82, 2.24) is 10.6 Å². The summed E-state index contributed by atoms with van der Waals surface area (Å²) in [4.78, 5) is 11.6. The third-order valence-corrected chi connectivity index (χ3v) is 2.79. The Kier molecular flexibility index (Phi) is 6.48. The molecule has 0 aromatic heterocycles. The summed E-state index contributed by atoms with van der Waals surface area (Å²) >= 11 is 0. The van der Waals surface area contributed by atoms with Crippen LogP contribution < -0.4 is 15.4 Å². The second-order valence-corrected chi connectivity index (χ2v) is 4.62. The smallest absolute Gasteiger partial charge is 0.416 e. The highest BCUT2D eigenvalue weighted by Gasteiger charge is 2.30. The highest BCUT2D eigenvalue weighted by atomic mass is 19.4. The third-order valence-electron chi connectivity index (χ3n) is 2.79. The molecule has 1 rings (SSSR count). The molecule has 1 aromatic carbocycles. The van der Waals surface area contributed by atoms with Gasteiger partial charge in [-0.15, -0.1) is 0 Å². The van der Waals surface area contributed by atoms with Gasteiger partial charge in [0.15, 0.2) is 0 Å². The first-order chi connectivity index (χ1) is 9.84. The van der Waals surface area contributed by atoms with Gasteiger partial charge in [-0.2, -0.15) is 13.2 Å². The van der Waals surface area contributed by atoms with E-state index in [4.69, 9.17) is 4.74 Å². The van der Waals surface area contributed by atoms with E-state index in [2.05, 4.69) is 10.6 Å². The molecular formula is C14H19F3N2O2. The van der Waals surface area contributed by atoms with E-state index in [1.807, 2.05) is 0 Å². The number of ether oxygens (including phenoxy) is 1. The molecule has 7 heteroatoms. The molecule has 21 heavy (non-hydrogen) atoms. The van der Waals surface area contributed by atoms with Crippen molar-refractivity contribution in [2.45, 2.75) is 13.1 Å². The molecule has 0 heterocycles. The van der Waals surface area contributed by atoms with Crippen molar-refractivity contribution in [1.29, 1.82) is 0 Å². The van der Waals surface area contributed by atoms with Gasteiger partial charge in [-0.1, -0.05) is 13.0 Å². The molecule has 0 saturated carbocycles. The molecule has 4 nitrogen and oxygen atoms in total. The first-order valence-electron chi connectivity index (χ1n) is 6.57. The summed E-state index contributed by atoms with van der Waals surface area (Å²) in [6.07, 6.45) is -4.39. The van der Waals surface area contributed by atoms with E-state index < -0.39 is 11.7 Å². The van der Waals surface area contributed by atoms with Gasteiger partial charge in [-0.25, -0.2) is 0 Å². The molecule has 0 aliphatic rings. The predicted molar refractivity (Wildman–Crippen MR) is 73.0 cm³/mol. The van der Waals surface area contributed by atoms with Crippen LogP contribution in [0.1, 0.15) is 12.5 Å². The minimum absolute atomic E-state index is 0.110. The second-order valence-electron chi connectivity index (χ2n) is 4.62. The maximum Gasteiger partial charge on any atom is 0.416 e. The lowest BCUT2D eigenvalue weighted by molar-refractivity contribution is -0.137. The summed E-state index contributed by atoms with van der Waals surface area (Å²) in [5.41, 5.74) is -0.758. The molecule has 2 N–H and O–H groups in total. The summed E-state index contributed by atoms with van der Waals surface area (Å²) in [6, 6.07) is 4.64. The highest BCUT2D eigenvalue weighted by Crippen LogP contribution is 2.31. The number of amides is 1. The van der Waals surface area contributed by atoms with Crippen LogP contribution in [-0.4, -0.2) is 32.7 Å². The average molecular weight is 304 g/mol. The lowest BCUT2D eigenvalue weighted by atomic mass is 10.1. The summed E-state index contributed by atoms with van der Waals surface area (Å²) in [6.45, 7) is 2.68. The van der Waals surface area contributed by atoms with Gasteiger partial charge in [0.2, 0.25) is 5.91 Å². The van der Waals surface area contributed by atoms with Crippen molar-refractivity contribution in [3.8, 4) is 5.75 Å². The maximum absolute atomic E-state index is 12.5. The maximum atomic E-state index is 12.5. The molecule has 1 amide bonds. The quantitative estimate of drug-likeness (QED) is 0.758. The van der Waals surface area contributed by atoms with Crippen LogP contribution in [-0.2, 0) is 11.0 Å². The molecule has 118 valence electrons. The van der Waals surface area contributed by atoms with E-state index >= 15 is 0 Å². The minimum atomic E-state index is -4.39. The van der Waals surface area contributed by atoms with Gasteiger partial charge >= 0.3 is 6.18 Å². The lowest BCUT2D eigenvalue weighted by Gasteiger charge is -2.13. The number of carbonyl (C=O) groups is 1. The van der Waals surface area contributed by atoms with Crippen LogP contribution in [0.4, 0.5) is 13.2 Å². The van der Waals surface area contributed by atoms with Gasteiger partial charge in [0.25, 0.3) is 0 Å². The molecule has 0 bridgehead atoms. The van der Waals surface area contributed by atoms with Gasteiger partial charge in [0.1, 0.15) is 12.4 Å². The van der Waals surface area contributed by atoms with Crippen LogP contribution in [0.25, 0.3) is 0 Å². The number of alkyl halides is 3. The van der Waals surface area contributed by atoms with Gasteiger partial charge in [0.05, 0.1) is 12.1 Å². The van der Waals surface area contributed by atoms with E-state index in [1.54, 1.807) is 14.0 Å². The van der Waals surface area contributed by atoms with E-state index in [0.717, 1.165) is 12.1 Å². The Bertz CT molecular complexity index is 464. The van der Waals surface area contributed by atoms with Crippen molar-refractivity contribution < 1.29 is 22.7 Å². The van der Waals surface area contributed by atoms with Crippen molar-refractivity contribution in [2.24, 2.45) is 5.92 Å². The van der Waals surface area contributed by atoms with Gasteiger partial charge < -0.3 is 15.4 Å². The Labute approximate surface area is 121 Å². The van der Waals surface area contributed by atoms with Crippen LogP contribution in [0.15, 0.2) is 24.3 Å². The molecule has 1 aromatic rings. The van der Waals surface area contributed by atoms with Gasteiger partial charge in [0, 0.05) is 12.5 Å². The Morgan fingerprint density at radius 2 is 2.10 bits per heavy atom. The van der Waals surface area contributed by atoms with E-state index in [0.29, 0.717) is 6.54 Å². The van der Waals surface area contributed by atoms with Crippen LogP contribution in [0.3, 0.4) is 0 Å². The normalized spacial score (nSPS) is 12.8. The summed E-state index contributed by atoms with van der Waals surface area (Å²) in [5, 5.41) is 5.54. The monoisotopic (exact) mass is 304 g/mol. The van der Waals surface area contributed by atoms with E-state index in [1.165, 1.54) is 12.1 Å². The lowest BCUT2D eigenvalue weighted by Crippen LogP contribution is -2.36. The number of hydrogen-bond acceptors (Lipinski definition) is 3. The summed E-state index contributed by atoms with van der Waals surface area (Å²) < 4.78 is 42.7. The zero-order valence-corrected chi connectivity index (χ0v) is 12.0. The average Bonchev–Trinajstić information content (AvgIpc) is 2.43. The fourth-order valence-corrected chi connectivity index (χ4v) is 1.68. The molecule has 0 fully saturated rings. The van der Waals surface area contributed by atoms with Gasteiger partial charge in [-0.3, -0.25) is 4.79 Å². The molecule has 1 unspecified atom stereocenters. The predicted octanol–water partition coefficient (Wildman–Crippen LogP) is 2.06. The third kappa shape index (κ3) is 6.03. The first kappa shape index (κ1) is 17.3. The molecule has 0 radical (unpaired) electrons. The fourth-order valence-electron chi connectivity index (χ4n) is 1.68. The number of benzene rings is 1. The molecular weight excluding hydrogens is 285 g/mol. The molecule has 0 spiro atoms. The largest absolute Gasteiger partial charge is 0.492 e. The van der Waals surface area contributed by atoms with E-state index in [9.17, 15) is 18.0 Å². The first-order valence-corrected chi connectivity index (χ1v) is 6.57. The zero-order valence-electron chi connectivity index (χ0n) is 12.0. The fraction of sp³-hybridized carbons (Fsp3) is 0.500. The van der Waals surface area contributed by atoms with Crippen molar-refractivity contribution in [3.05, 3.63) is 29.8 Å². The molecule has 1 atom stereocenters. The van der Waals surface area contributed by atoms with Crippen LogP contribution in [0.2, 0.25) is 0 Å². The topological polar surface area (TPSA) is 50.4 Å². The number of halogens is 3. The Morgan fingerprint density at radius 1 is 1.38 bits per heavy atom. The Hall–Kier alpha value is -1.76. The standard InChI is InChI=1S/C14H19F3N2O2/c1-10(9-18-2)13(20)19-6-7-21-12-5-3-4-11(8-12)14(15,16)17/h3-5,8,10,18H,6-7,9H2,1-2H3,(H,19,20). The zero-order chi connectivity index (χ0) is 15.9. The number of carbonyl (C=O) groups excluding carboxylic acids is 1.